The lowest BCUT2D eigenvalue weighted by Crippen LogP contribution is -2.54. The van der Waals surface area contributed by atoms with E-state index in [1.54, 1.807) is 25.3 Å². The number of nitrogens with zero attached hydrogens (tertiary/aromatic N) is 15. The van der Waals surface area contributed by atoms with Crippen molar-refractivity contribution in [3.63, 3.8) is 0 Å². The summed E-state index contributed by atoms with van der Waals surface area (Å²) in [7, 11) is 1.67. The quantitative estimate of drug-likeness (QED) is 0.0813. The summed E-state index contributed by atoms with van der Waals surface area (Å²) in [4.78, 5) is 118. The molecule has 7 saturated heterocycles. The van der Waals surface area contributed by atoms with Gasteiger partial charge in [-0.3, -0.25) is 67.9 Å². The van der Waals surface area contributed by atoms with Gasteiger partial charge in [0.2, 0.25) is 41.4 Å². The SMILES string of the molecule is CC(C)N1CCN(C(=O)C2(C#N)CC2)CC1.CC(C)N1CCN(C(=O)C2(C(F)(F)F)CC2)CC1.CC(C)N1CCN(C(=O)C2(CO)CC2)CC1.CC(C)N1CCN(C(=O)C2(c3ccc(Cl)cc3)CC2)CC1.CC(C)N1CCN(C(=O)C2(c3ccc(Cl)cc3Cl)CC2)CC1.CC(C)N1CCN(C(=O)C2(c3ccc(F)cc3)CC2)CC1.COc1ccc(C2(C(=O)N3CCN(C(C)C)CC3)CC2)cc1. The normalized spacial score (nSPS) is 22.5. The molecule has 752 valence electrons. The second-order valence-corrected chi connectivity index (χ2v) is 43.6. The minimum atomic E-state index is -4.39. The number of rotatable bonds is 20. The van der Waals surface area contributed by atoms with Gasteiger partial charge in [-0.15, -0.1) is 0 Å². The zero-order valence-electron chi connectivity index (χ0n) is 83.7. The fraction of sp³-hybridized carbons (Fsp3) is 0.695. The average Bonchev–Trinajstić information content (AvgIpc) is 1.55. The Labute approximate surface area is 822 Å². The van der Waals surface area contributed by atoms with Crippen LogP contribution >= 0.6 is 34.8 Å². The van der Waals surface area contributed by atoms with Crippen LogP contribution in [0.2, 0.25) is 15.1 Å². The van der Waals surface area contributed by atoms with Crippen LogP contribution in [0.1, 0.15) is 209 Å². The van der Waals surface area contributed by atoms with E-state index in [-0.39, 0.29) is 70.6 Å². The van der Waals surface area contributed by atoms with Crippen LogP contribution in [0.25, 0.3) is 0 Å². The summed E-state index contributed by atoms with van der Waals surface area (Å²) in [5.41, 5.74) is -0.179. The van der Waals surface area contributed by atoms with Crippen LogP contribution in [-0.2, 0) is 55.2 Å². The van der Waals surface area contributed by atoms with Gasteiger partial charge in [-0.05, 0) is 258 Å². The summed E-state index contributed by atoms with van der Waals surface area (Å²) in [6, 6.07) is 33.6. The van der Waals surface area contributed by atoms with Crippen molar-refractivity contribution in [3.8, 4) is 11.8 Å². The maximum Gasteiger partial charge on any atom is 0.403 e. The highest BCUT2D eigenvalue weighted by Crippen LogP contribution is 2.60. The minimum Gasteiger partial charge on any atom is -0.497 e. The number of methoxy groups -OCH3 is 1. The molecule has 31 heteroatoms. The summed E-state index contributed by atoms with van der Waals surface area (Å²) < 4.78 is 56.8. The number of amides is 7. The number of carbonyl (C=O) groups excluding carboxylic acids is 7. The second kappa shape index (κ2) is 45.8. The summed E-state index contributed by atoms with van der Waals surface area (Å²) in [5.74, 6) is 1.24. The number of aliphatic hydroxyl groups excluding tert-OH is 1. The molecule has 14 aliphatic rings. The molecular weight excluding hydrogens is 1800 g/mol. The van der Waals surface area contributed by atoms with E-state index in [0.29, 0.717) is 90.3 Å². The summed E-state index contributed by atoms with van der Waals surface area (Å²) >= 11 is 18.3. The molecule has 7 heterocycles. The van der Waals surface area contributed by atoms with E-state index >= 15 is 0 Å². The monoisotopic (exact) mass is 1950 g/mol. The first-order valence-electron chi connectivity index (χ1n) is 50.5. The summed E-state index contributed by atoms with van der Waals surface area (Å²) in [6.07, 6.45) is 6.22. The van der Waals surface area contributed by atoms with E-state index in [9.17, 15) is 56.2 Å². The van der Waals surface area contributed by atoms with Gasteiger partial charge in [0.05, 0.1) is 46.9 Å². The molecule has 136 heavy (non-hydrogen) atoms. The number of carbonyl (C=O) groups is 7. The number of hydrogen-bond donors (Lipinski definition) is 1. The number of halogens is 7. The van der Waals surface area contributed by atoms with Gasteiger partial charge in [-0.2, -0.15) is 18.4 Å². The van der Waals surface area contributed by atoms with Gasteiger partial charge >= 0.3 is 6.18 Å². The molecule has 7 saturated carbocycles. The lowest BCUT2D eigenvalue weighted by molar-refractivity contribution is -0.199. The van der Waals surface area contributed by atoms with Crippen molar-refractivity contribution in [1.29, 1.82) is 5.26 Å². The zero-order valence-corrected chi connectivity index (χ0v) is 85.9. The third kappa shape index (κ3) is 25.6. The Morgan fingerprint density at radius 2 is 0.603 bits per heavy atom. The minimum absolute atomic E-state index is 0.0240. The Balaban J connectivity index is 0.000000143. The molecule has 0 radical (unpaired) electrons. The topological polar surface area (TPSA) is 218 Å². The highest BCUT2D eigenvalue weighted by molar-refractivity contribution is 6.35. The van der Waals surface area contributed by atoms with Crippen LogP contribution in [0.4, 0.5) is 17.6 Å². The van der Waals surface area contributed by atoms with E-state index in [1.807, 2.05) is 80.3 Å². The Hall–Kier alpha value is -7.27. The maximum atomic E-state index is 13.1. The van der Waals surface area contributed by atoms with Crippen LogP contribution in [0.15, 0.2) is 91.0 Å². The summed E-state index contributed by atoms with van der Waals surface area (Å²) in [6.45, 7) is 54.1. The van der Waals surface area contributed by atoms with E-state index < -0.39 is 28.3 Å². The number of piperazine rings is 7. The third-order valence-corrected chi connectivity index (χ3v) is 32.3. The molecule has 1 N–H and O–H groups in total. The van der Waals surface area contributed by atoms with Gasteiger partial charge in [0, 0.05) is 241 Å². The Morgan fingerprint density at radius 1 is 0.346 bits per heavy atom. The first-order chi connectivity index (χ1) is 64.5. The lowest BCUT2D eigenvalue weighted by atomic mass is 9.94. The number of benzene rings is 4. The van der Waals surface area contributed by atoms with Crippen molar-refractivity contribution in [3.05, 3.63) is 134 Å². The van der Waals surface area contributed by atoms with Crippen LogP contribution in [0.5, 0.6) is 5.75 Å². The highest BCUT2D eigenvalue weighted by Gasteiger charge is 2.70. The predicted octanol–water partition coefficient (Wildman–Crippen LogP) is 14.2. The van der Waals surface area contributed by atoms with Crippen LogP contribution < -0.4 is 4.74 Å². The van der Waals surface area contributed by atoms with Gasteiger partial charge in [-0.1, -0.05) is 77.3 Å². The molecule has 14 fully saturated rings. The Bertz CT molecular complexity index is 4590. The highest BCUT2D eigenvalue weighted by atomic mass is 35.5. The third-order valence-electron chi connectivity index (χ3n) is 31.5. The number of hydrogen-bond acceptors (Lipinski definition) is 17. The summed E-state index contributed by atoms with van der Waals surface area (Å²) in [5, 5.41) is 20.2. The molecule has 4 aromatic carbocycles. The van der Waals surface area contributed by atoms with Crippen molar-refractivity contribution in [2.45, 2.75) is 257 Å². The molecule has 7 aliphatic heterocycles. The Kier molecular flexibility index (Phi) is 36.2. The second-order valence-electron chi connectivity index (χ2n) is 42.4. The van der Waals surface area contributed by atoms with Crippen molar-refractivity contribution >= 4 is 76.2 Å². The first kappa shape index (κ1) is 108. The van der Waals surface area contributed by atoms with E-state index in [2.05, 4.69) is 147 Å². The van der Waals surface area contributed by atoms with Gasteiger partial charge < -0.3 is 44.1 Å². The molecule has 0 unspecified atom stereocenters. The molecule has 7 aliphatic carbocycles. The van der Waals surface area contributed by atoms with Crippen LogP contribution in [0.3, 0.4) is 0 Å². The fourth-order valence-corrected chi connectivity index (χ4v) is 21.1. The number of aliphatic hydroxyl groups is 1. The molecule has 4 aromatic rings. The van der Waals surface area contributed by atoms with Crippen molar-refractivity contribution in [2.75, 3.05) is 197 Å². The molecule has 24 nitrogen and oxygen atoms in total. The number of ether oxygens (including phenoxy) is 1. The van der Waals surface area contributed by atoms with Gasteiger partial charge in [0.1, 0.15) is 22.4 Å². The molecule has 0 atom stereocenters. The van der Waals surface area contributed by atoms with Crippen molar-refractivity contribution < 1.29 is 61.0 Å². The molecule has 0 aromatic heterocycles. The molecule has 7 amide bonds. The van der Waals surface area contributed by atoms with E-state index in [1.165, 1.54) is 17.0 Å². The largest absolute Gasteiger partial charge is 0.497 e. The molecule has 18 rings (SSSR count). The lowest BCUT2D eigenvalue weighted by Gasteiger charge is -2.38. The van der Waals surface area contributed by atoms with Crippen LogP contribution in [-0.4, -0.2) is 360 Å². The van der Waals surface area contributed by atoms with E-state index in [0.717, 1.165) is 267 Å². The van der Waals surface area contributed by atoms with Crippen molar-refractivity contribution in [1.82, 2.24) is 68.6 Å². The van der Waals surface area contributed by atoms with Gasteiger partial charge in [0.25, 0.3) is 0 Å². The zero-order chi connectivity index (χ0) is 98.8. The molecular formula is C105H154Cl3F4N15O9. The standard InChI is InChI=1S/C18H26N2O2.C17H22Cl2N2O.C17H23ClN2O.C17H23FN2O.C12H19F3N2O.C12H19N3O.C12H22N2O2/c1-14(2)19-10-12-20(13-11-19)17(21)18(8-9-18)15-4-6-16(22-3)7-5-15;1-12(2)20-7-9-21(10-8-20)16(22)17(5-6-17)14-4-3-13(18)11-15(14)19;2*1-13(2)19-9-11-20(12-10-19)16(21)17(7-8-17)14-3-5-15(18)6-4-14;1-9(2)16-5-7-17(8-6-16)10(18)11(3-4-11)12(13,14)15;1-10(2)14-5-7-15(8-6-14)11(16)12(9-13)3-4-12;1-10(2)13-5-7-14(8-6-13)11(16)12(9-15)3-4-12/h4-7,14H,8-13H2,1-3H3;3-4,11-12H,5-10H2,1-2H3;2*3-6,13H,7-12H2,1-2H3;9H,3-8H2,1-2H3;10H,3-8H2,1-2H3;10,15H,3-9H2,1-2H3. The van der Waals surface area contributed by atoms with Gasteiger partial charge in [0.15, 0.2) is 0 Å². The fourth-order valence-electron chi connectivity index (χ4n) is 20.4. The van der Waals surface area contributed by atoms with Crippen molar-refractivity contribution in [2.24, 2.45) is 16.2 Å². The first-order valence-corrected chi connectivity index (χ1v) is 51.6. The maximum absolute atomic E-state index is 13.1. The van der Waals surface area contributed by atoms with E-state index in [4.69, 9.17) is 44.8 Å². The smallest absolute Gasteiger partial charge is 0.403 e. The van der Waals surface area contributed by atoms with Gasteiger partial charge in [-0.25, -0.2) is 4.39 Å². The Morgan fingerprint density at radius 3 is 0.838 bits per heavy atom. The number of nitriles is 1. The predicted molar refractivity (Wildman–Crippen MR) is 528 cm³/mol. The number of alkyl halides is 3. The van der Waals surface area contributed by atoms with Crippen LogP contribution in [0, 0.1) is 33.4 Å². The average molecular weight is 1950 g/mol. The molecule has 0 spiro atoms. The molecule has 0 bridgehead atoms.